The van der Waals surface area contributed by atoms with E-state index in [1.54, 1.807) is 6.92 Å². The molecule has 2 N–H and O–H groups in total. The molecule has 0 amide bonds. The summed E-state index contributed by atoms with van der Waals surface area (Å²) in [5, 5.41) is 0.412. The van der Waals surface area contributed by atoms with Gasteiger partial charge >= 0.3 is 5.97 Å². The number of carbonyl (C=O) groups is 1. The van der Waals surface area contributed by atoms with Crippen molar-refractivity contribution in [3.8, 4) is 0 Å². The van der Waals surface area contributed by atoms with Crippen LogP contribution in [0.2, 0.25) is 0 Å². The van der Waals surface area contributed by atoms with Crippen LogP contribution < -0.4 is 5.73 Å². The maximum absolute atomic E-state index is 11.3. The summed E-state index contributed by atoms with van der Waals surface area (Å²) >= 11 is 5.62. The first-order valence-electron chi connectivity index (χ1n) is 4.37. The van der Waals surface area contributed by atoms with Crippen molar-refractivity contribution in [1.82, 2.24) is 9.55 Å². The second-order valence-electron chi connectivity index (χ2n) is 2.84. The summed E-state index contributed by atoms with van der Waals surface area (Å²) in [6, 6.07) is 0. The smallest absolute Gasteiger partial charge is 0.360 e. The number of ether oxygens (including phenoxy) is 1. The zero-order valence-corrected chi connectivity index (χ0v) is 9.12. The molecule has 1 heterocycles. The van der Waals surface area contributed by atoms with Crippen molar-refractivity contribution < 1.29 is 9.53 Å². The summed E-state index contributed by atoms with van der Waals surface area (Å²) in [4.78, 5) is 15.2. The molecule has 0 saturated carbocycles. The van der Waals surface area contributed by atoms with Crippen LogP contribution in [-0.2, 0) is 11.3 Å². The van der Waals surface area contributed by atoms with Gasteiger partial charge in [-0.3, -0.25) is 0 Å². The molecule has 0 saturated heterocycles. The molecule has 1 aromatic rings. The molecule has 82 valence electrons. The van der Waals surface area contributed by atoms with Gasteiger partial charge in [0.15, 0.2) is 5.69 Å². The fourth-order valence-electron chi connectivity index (χ4n) is 1.06. The molecule has 15 heavy (non-hydrogen) atoms. The number of imidazole rings is 1. The normalized spacial score (nSPS) is 10.0. The lowest BCUT2D eigenvalue weighted by Gasteiger charge is -2.03. The largest absolute Gasteiger partial charge is 0.461 e. The van der Waals surface area contributed by atoms with E-state index in [4.69, 9.17) is 22.1 Å². The van der Waals surface area contributed by atoms with Crippen LogP contribution in [0.5, 0.6) is 0 Å². The third-order valence-corrected chi connectivity index (χ3v) is 1.81. The van der Waals surface area contributed by atoms with Crippen molar-refractivity contribution in [1.29, 1.82) is 0 Å². The highest BCUT2D eigenvalue weighted by atomic mass is 35.5. The van der Waals surface area contributed by atoms with Crippen molar-refractivity contribution in [3.05, 3.63) is 23.6 Å². The second-order valence-corrected chi connectivity index (χ2v) is 3.38. The Morgan fingerprint density at radius 3 is 3.00 bits per heavy atom. The molecule has 0 aromatic carbocycles. The van der Waals surface area contributed by atoms with Gasteiger partial charge in [0.2, 0.25) is 0 Å². The highest BCUT2D eigenvalue weighted by Gasteiger charge is 2.16. The standard InChI is InChI=1S/C9H12ClN3O2/c1-3-15-9(14)7-8(11)13(5-12-7)4-6(2)10/h5H,2-4,11H2,1H3. The summed E-state index contributed by atoms with van der Waals surface area (Å²) < 4.78 is 6.31. The van der Waals surface area contributed by atoms with Crippen LogP contribution in [0, 0.1) is 0 Å². The molecule has 1 rings (SSSR count). The lowest BCUT2D eigenvalue weighted by atomic mass is 10.4. The molecule has 0 spiro atoms. The number of carbonyl (C=O) groups excluding carboxylic acids is 1. The number of nitrogen functional groups attached to an aromatic ring is 1. The lowest BCUT2D eigenvalue weighted by Crippen LogP contribution is -2.10. The predicted molar refractivity (Wildman–Crippen MR) is 57.6 cm³/mol. The molecule has 0 radical (unpaired) electrons. The topological polar surface area (TPSA) is 70.1 Å². The van der Waals surface area contributed by atoms with E-state index in [9.17, 15) is 4.79 Å². The van der Waals surface area contributed by atoms with Gasteiger partial charge in [-0.1, -0.05) is 18.2 Å². The SMILES string of the molecule is C=C(Cl)Cn1cnc(C(=O)OCC)c1N. The van der Waals surface area contributed by atoms with E-state index in [1.165, 1.54) is 10.9 Å². The third kappa shape index (κ3) is 2.73. The Labute approximate surface area is 92.5 Å². The van der Waals surface area contributed by atoms with Gasteiger partial charge in [0.1, 0.15) is 5.82 Å². The molecule has 0 aliphatic carbocycles. The minimum absolute atomic E-state index is 0.106. The van der Waals surface area contributed by atoms with Gasteiger partial charge in [0, 0.05) is 5.03 Å². The van der Waals surface area contributed by atoms with Gasteiger partial charge in [-0.15, -0.1) is 0 Å². The quantitative estimate of drug-likeness (QED) is 0.793. The Morgan fingerprint density at radius 1 is 1.80 bits per heavy atom. The highest BCUT2D eigenvalue weighted by Crippen LogP contribution is 2.14. The van der Waals surface area contributed by atoms with Gasteiger partial charge in [-0.25, -0.2) is 9.78 Å². The minimum Gasteiger partial charge on any atom is -0.461 e. The van der Waals surface area contributed by atoms with Crippen LogP contribution in [0.25, 0.3) is 0 Å². The number of anilines is 1. The maximum atomic E-state index is 11.3. The number of hydrogen-bond donors (Lipinski definition) is 1. The molecule has 0 atom stereocenters. The summed E-state index contributed by atoms with van der Waals surface area (Å²) in [5.41, 5.74) is 5.79. The number of nitrogens with zero attached hydrogens (tertiary/aromatic N) is 2. The molecular weight excluding hydrogens is 218 g/mol. The first kappa shape index (κ1) is 11.6. The van der Waals surface area contributed by atoms with Gasteiger partial charge in [0.05, 0.1) is 19.5 Å². The number of aromatic nitrogens is 2. The van der Waals surface area contributed by atoms with Gasteiger partial charge < -0.3 is 15.0 Å². The van der Waals surface area contributed by atoms with Crippen LogP contribution in [0.3, 0.4) is 0 Å². The Bertz CT molecular complexity index is 387. The van der Waals surface area contributed by atoms with Crippen molar-refractivity contribution in [2.45, 2.75) is 13.5 Å². The van der Waals surface area contributed by atoms with Crippen LogP contribution in [0.4, 0.5) is 5.82 Å². The number of rotatable bonds is 4. The van der Waals surface area contributed by atoms with Gasteiger partial charge in [-0.05, 0) is 6.92 Å². The Hall–Kier alpha value is -1.49. The minimum atomic E-state index is -0.533. The van der Waals surface area contributed by atoms with E-state index in [0.29, 0.717) is 11.6 Å². The van der Waals surface area contributed by atoms with Crippen molar-refractivity contribution in [3.63, 3.8) is 0 Å². The maximum Gasteiger partial charge on any atom is 0.360 e. The van der Waals surface area contributed by atoms with Gasteiger partial charge in [0.25, 0.3) is 0 Å². The number of nitrogens with two attached hydrogens (primary N) is 1. The summed E-state index contributed by atoms with van der Waals surface area (Å²) in [6.45, 7) is 5.85. The Morgan fingerprint density at radius 2 is 2.47 bits per heavy atom. The fourth-order valence-corrected chi connectivity index (χ4v) is 1.19. The zero-order valence-electron chi connectivity index (χ0n) is 8.36. The van der Waals surface area contributed by atoms with E-state index < -0.39 is 5.97 Å². The van der Waals surface area contributed by atoms with Crippen molar-refractivity contribution in [2.24, 2.45) is 0 Å². The number of allylic oxidation sites excluding steroid dienone is 1. The molecule has 0 fully saturated rings. The molecule has 6 heteroatoms. The molecule has 1 aromatic heterocycles. The number of esters is 1. The van der Waals surface area contributed by atoms with Crippen molar-refractivity contribution >= 4 is 23.4 Å². The Kier molecular flexibility index (Phi) is 3.74. The average molecular weight is 230 g/mol. The highest BCUT2D eigenvalue weighted by molar-refractivity contribution is 6.29. The number of halogens is 1. The Balaban J connectivity index is 2.88. The molecule has 5 nitrogen and oxygen atoms in total. The fraction of sp³-hybridized carbons (Fsp3) is 0.333. The average Bonchev–Trinajstić information content (AvgIpc) is 2.48. The third-order valence-electron chi connectivity index (χ3n) is 1.69. The molecule has 0 aliphatic rings. The second kappa shape index (κ2) is 4.84. The van der Waals surface area contributed by atoms with E-state index in [-0.39, 0.29) is 18.1 Å². The predicted octanol–water partition coefficient (Wildman–Crippen LogP) is 1.39. The first-order valence-corrected chi connectivity index (χ1v) is 4.75. The zero-order chi connectivity index (χ0) is 11.4. The van der Waals surface area contributed by atoms with E-state index in [0.717, 1.165) is 0 Å². The summed E-state index contributed by atoms with van der Waals surface area (Å²) in [6.07, 6.45) is 1.43. The summed E-state index contributed by atoms with van der Waals surface area (Å²) in [7, 11) is 0. The van der Waals surface area contributed by atoms with Gasteiger partial charge in [-0.2, -0.15) is 0 Å². The number of hydrogen-bond acceptors (Lipinski definition) is 4. The van der Waals surface area contributed by atoms with Crippen LogP contribution in [0.1, 0.15) is 17.4 Å². The van der Waals surface area contributed by atoms with Crippen molar-refractivity contribution in [2.75, 3.05) is 12.3 Å². The molecular formula is C9H12ClN3O2. The monoisotopic (exact) mass is 229 g/mol. The van der Waals surface area contributed by atoms with Crippen LogP contribution in [-0.4, -0.2) is 22.1 Å². The van der Waals surface area contributed by atoms with Crippen LogP contribution in [0.15, 0.2) is 17.9 Å². The van der Waals surface area contributed by atoms with E-state index in [1.807, 2.05) is 0 Å². The molecule has 0 unspecified atom stereocenters. The summed E-state index contributed by atoms with van der Waals surface area (Å²) in [5.74, 6) is -0.302. The lowest BCUT2D eigenvalue weighted by molar-refractivity contribution is 0.0521. The van der Waals surface area contributed by atoms with Crippen LogP contribution >= 0.6 is 11.6 Å². The van der Waals surface area contributed by atoms with E-state index in [2.05, 4.69) is 11.6 Å². The molecule has 0 bridgehead atoms. The molecule has 0 aliphatic heterocycles. The van der Waals surface area contributed by atoms with E-state index >= 15 is 0 Å². The first-order chi connectivity index (χ1) is 7.06.